The molecule has 22 heteroatoms. The lowest BCUT2D eigenvalue weighted by atomic mass is 9.41. The topological polar surface area (TPSA) is 354 Å². The number of rotatable bonds is 11. The first-order valence-corrected chi connectivity index (χ1v) is 22.8. The Labute approximate surface area is 382 Å². The van der Waals surface area contributed by atoms with Gasteiger partial charge in [0.1, 0.15) is 91.6 Å². The average Bonchev–Trinajstić information content (AvgIpc) is 3.48. The molecule has 4 saturated carbocycles. The van der Waals surface area contributed by atoms with E-state index >= 15 is 0 Å². The van der Waals surface area contributed by atoms with Crippen LogP contribution in [0.2, 0.25) is 0 Å². The van der Waals surface area contributed by atoms with E-state index in [1.165, 1.54) is 0 Å². The van der Waals surface area contributed by atoms with Crippen molar-refractivity contribution in [2.75, 3.05) is 26.4 Å². The normalized spacial score (nSPS) is 53.9. The molecule has 0 radical (unpaired) electrons. The van der Waals surface area contributed by atoms with Gasteiger partial charge >= 0.3 is 5.97 Å². The van der Waals surface area contributed by atoms with E-state index in [1.807, 2.05) is 6.92 Å². The molecule has 0 amide bonds. The van der Waals surface area contributed by atoms with Crippen LogP contribution in [0.3, 0.4) is 0 Å². The molecule has 8 rings (SSSR count). The van der Waals surface area contributed by atoms with E-state index in [9.17, 15) is 71.2 Å². The minimum Gasteiger partial charge on any atom is -0.432 e. The van der Waals surface area contributed by atoms with Gasteiger partial charge in [0.15, 0.2) is 18.9 Å². The van der Waals surface area contributed by atoms with Crippen LogP contribution < -0.4 is 0 Å². The summed E-state index contributed by atoms with van der Waals surface area (Å²) in [6, 6.07) is 0. The molecule has 4 aliphatic carbocycles. The maximum Gasteiger partial charge on any atom is 0.314 e. The van der Waals surface area contributed by atoms with Gasteiger partial charge in [0.2, 0.25) is 6.29 Å². The maximum absolute atomic E-state index is 14.3. The number of hydrogen-bond donors (Lipinski definition) is 13. The number of carbonyl (C=O) groups is 1. The lowest BCUT2D eigenvalue weighted by molar-refractivity contribution is -0.395. The Morgan fingerprint density at radius 1 is 0.636 bits per heavy atom. The minimum absolute atomic E-state index is 0. The molecule has 1 spiro atoms. The number of hydrogen-bond acceptors (Lipinski definition) is 22. The third-order valence-electron chi connectivity index (χ3n) is 16.7. The van der Waals surface area contributed by atoms with Crippen LogP contribution in [-0.2, 0) is 42.7 Å². The summed E-state index contributed by atoms with van der Waals surface area (Å²) in [6.45, 7) is 5.86. The fourth-order valence-corrected chi connectivity index (χ4v) is 13.2. The van der Waals surface area contributed by atoms with Gasteiger partial charge in [0.25, 0.3) is 0 Å². The molecule has 4 aliphatic heterocycles. The van der Waals surface area contributed by atoms with Gasteiger partial charge in [-0.05, 0) is 86.5 Å². The van der Waals surface area contributed by atoms with Crippen molar-refractivity contribution in [3.8, 4) is 0 Å². The first-order valence-electron chi connectivity index (χ1n) is 22.8. The van der Waals surface area contributed by atoms with Crippen LogP contribution in [-0.4, -0.2) is 221 Å². The summed E-state index contributed by atoms with van der Waals surface area (Å²) in [5.74, 6) is -0.744. The van der Waals surface area contributed by atoms with Crippen molar-refractivity contribution in [3.63, 3.8) is 0 Å². The number of esters is 1. The fraction of sp³-hybridized carbons (Fsp3) is 0.932. The highest BCUT2D eigenvalue weighted by Crippen LogP contribution is 2.73. The summed E-state index contributed by atoms with van der Waals surface area (Å²) in [5, 5.41) is 137. The van der Waals surface area contributed by atoms with Gasteiger partial charge in [-0.15, -0.1) is 0 Å². The van der Waals surface area contributed by atoms with Gasteiger partial charge in [0.05, 0.1) is 37.4 Å². The molecule has 8 fully saturated rings. The lowest BCUT2D eigenvalue weighted by Crippen LogP contribution is -2.67. The quantitative estimate of drug-likeness (QED) is 0.0536. The van der Waals surface area contributed by atoms with Gasteiger partial charge in [-0.25, -0.2) is 0 Å². The molecule has 25 atom stereocenters. The molecule has 13 N–H and O–H groups in total. The van der Waals surface area contributed by atoms with Crippen LogP contribution in [0.5, 0.6) is 0 Å². The Morgan fingerprint density at radius 3 is 1.82 bits per heavy atom. The van der Waals surface area contributed by atoms with E-state index in [1.54, 1.807) is 0 Å². The van der Waals surface area contributed by atoms with Crippen LogP contribution in [0, 0.1) is 28.1 Å². The molecule has 21 unspecified atom stereocenters. The monoisotopic (exact) mass is 952 g/mol. The molecule has 4 saturated heterocycles. The summed E-state index contributed by atoms with van der Waals surface area (Å²) < 4.78 is 48.1. The molecule has 0 aromatic rings. The van der Waals surface area contributed by atoms with Crippen molar-refractivity contribution in [3.05, 3.63) is 12.2 Å². The number of aliphatic hydroxyl groups is 13. The Hall–Kier alpha value is -1.59. The SMILES string of the molecule is C.C=C1C[C@@]23CCC4[C@](C)(C(=O)OC5OC(CO)C(O)C(O)C5O)CCC[C@@]4(C)[C@@H]2CCC1(OC1OC(CO)C(O)C(OC2OC(CO)C(O)C(O)C2O)C1OC1OCC(O)C(O)C1O)C3. The number of aliphatic hydroxyl groups excluding tert-OH is 13. The third-order valence-corrected chi connectivity index (χ3v) is 16.7. The molecule has 0 aromatic heterocycles. The molecule has 8 aliphatic rings. The first kappa shape index (κ1) is 52.2. The molecule has 4 heterocycles. The zero-order chi connectivity index (χ0) is 47.1. The van der Waals surface area contributed by atoms with Crippen molar-refractivity contribution >= 4 is 5.97 Å². The Kier molecular flexibility index (Phi) is 15.5. The van der Waals surface area contributed by atoms with Crippen molar-refractivity contribution < 1.29 is 109 Å². The Morgan fingerprint density at radius 2 is 1.18 bits per heavy atom. The van der Waals surface area contributed by atoms with E-state index in [0.29, 0.717) is 51.4 Å². The summed E-state index contributed by atoms with van der Waals surface area (Å²) in [5.41, 5.74) is -2.17. The van der Waals surface area contributed by atoms with Crippen LogP contribution in [0.4, 0.5) is 0 Å². The second kappa shape index (κ2) is 19.5. The van der Waals surface area contributed by atoms with Crippen molar-refractivity contribution in [1.29, 1.82) is 0 Å². The van der Waals surface area contributed by atoms with E-state index < -0.39 is 166 Å². The largest absolute Gasteiger partial charge is 0.432 e. The number of ether oxygens (including phenoxy) is 8. The average molecular weight is 953 g/mol. The van der Waals surface area contributed by atoms with Crippen LogP contribution in [0.25, 0.3) is 0 Å². The van der Waals surface area contributed by atoms with Crippen LogP contribution >= 0.6 is 0 Å². The van der Waals surface area contributed by atoms with Gasteiger partial charge in [-0.2, -0.15) is 0 Å². The highest BCUT2D eigenvalue weighted by atomic mass is 16.8. The first-order chi connectivity index (χ1) is 30.7. The smallest absolute Gasteiger partial charge is 0.314 e. The van der Waals surface area contributed by atoms with Gasteiger partial charge in [-0.1, -0.05) is 27.4 Å². The predicted molar refractivity (Wildman–Crippen MR) is 220 cm³/mol. The van der Waals surface area contributed by atoms with Gasteiger partial charge in [-0.3, -0.25) is 4.79 Å². The van der Waals surface area contributed by atoms with Crippen LogP contribution in [0.1, 0.15) is 79.1 Å². The molecule has 0 aromatic carbocycles. The molecule has 2 bridgehead atoms. The molecular weight excluding hydrogens is 880 g/mol. The Balaban J connectivity index is 0.00000648. The second-order valence-corrected chi connectivity index (χ2v) is 20.4. The Bertz CT molecular complexity index is 1710. The van der Waals surface area contributed by atoms with Crippen LogP contribution in [0.15, 0.2) is 12.2 Å². The zero-order valence-electron chi connectivity index (χ0n) is 36.5. The van der Waals surface area contributed by atoms with E-state index in [0.717, 1.165) is 12.0 Å². The maximum atomic E-state index is 14.3. The fourth-order valence-electron chi connectivity index (χ4n) is 13.2. The standard InChI is InChI=1S/C43H68O22.CH4/c1-17-11-42-9-5-22-40(2,7-4-8-41(22,3)39(57)64-37-32(56)29(53)26(50)20(13-45)60-37)23(42)6-10-43(17,16-42)65-38-34(63-35-30(54)24(48)18(47)15-58-35)33(27(51)21(14-46)61-38)62-36-31(55)28(52)25(49)19(12-44)59-36;/h18-38,44-56H,1,4-16H2,2-3H3;1H4/t18?,19?,20?,21?,22?,23-,24?,25?,26?,27?,28?,29?,30?,31?,32?,33?,34?,35?,36?,37?,38?,40+,41+,42+,43?;/m0./s1. The van der Waals surface area contributed by atoms with E-state index in [-0.39, 0.29) is 24.7 Å². The van der Waals surface area contributed by atoms with Crippen molar-refractivity contribution in [1.82, 2.24) is 0 Å². The van der Waals surface area contributed by atoms with E-state index in [2.05, 4.69) is 13.5 Å². The highest BCUT2D eigenvalue weighted by molar-refractivity contribution is 5.77. The van der Waals surface area contributed by atoms with Gasteiger partial charge < -0.3 is 104 Å². The highest BCUT2D eigenvalue weighted by Gasteiger charge is 2.69. The summed E-state index contributed by atoms with van der Waals surface area (Å²) in [7, 11) is 0. The lowest BCUT2D eigenvalue weighted by Gasteiger charge is -2.64. The van der Waals surface area contributed by atoms with Gasteiger partial charge in [0, 0.05) is 0 Å². The van der Waals surface area contributed by atoms with Crippen molar-refractivity contribution in [2.45, 2.75) is 201 Å². The van der Waals surface area contributed by atoms with Crippen molar-refractivity contribution in [2.24, 2.45) is 28.1 Å². The molecule has 22 nitrogen and oxygen atoms in total. The third kappa shape index (κ3) is 8.60. The number of carbonyl (C=O) groups excluding carboxylic acids is 1. The minimum atomic E-state index is -1.92. The molecular formula is C44H72O22. The van der Waals surface area contributed by atoms with E-state index in [4.69, 9.17) is 37.9 Å². The summed E-state index contributed by atoms with van der Waals surface area (Å²) >= 11 is 0. The predicted octanol–water partition coefficient (Wildman–Crippen LogP) is -3.84. The molecule has 66 heavy (non-hydrogen) atoms. The second-order valence-electron chi connectivity index (χ2n) is 20.4. The summed E-state index contributed by atoms with van der Waals surface area (Å²) in [4.78, 5) is 14.3. The molecule has 380 valence electrons. The zero-order valence-corrected chi connectivity index (χ0v) is 36.5. The summed E-state index contributed by atoms with van der Waals surface area (Å²) in [6.07, 6.45) is -26.1. The number of fused-ring (bicyclic) bond motifs is 3.